The van der Waals surface area contributed by atoms with Gasteiger partial charge in [-0.3, -0.25) is 0 Å². The van der Waals surface area contributed by atoms with E-state index in [1.807, 2.05) is 0 Å². The van der Waals surface area contributed by atoms with Crippen LogP contribution in [0.4, 0.5) is 5.95 Å². The van der Waals surface area contributed by atoms with Gasteiger partial charge in [0.15, 0.2) is 0 Å². The first-order valence-corrected chi connectivity index (χ1v) is 6.17. The summed E-state index contributed by atoms with van der Waals surface area (Å²) < 4.78 is 6.47. The van der Waals surface area contributed by atoms with E-state index in [0.29, 0.717) is 12.1 Å². The predicted molar refractivity (Wildman–Crippen MR) is 65.4 cm³/mol. The van der Waals surface area contributed by atoms with Crippen LogP contribution in [0.5, 0.6) is 0 Å². The van der Waals surface area contributed by atoms with Gasteiger partial charge in [-0.25, -0.2) is 9.97 Å². The smallest absolute Gasteiger partial charge is 0.222 e. The maximum absolute atomic E-state index is 5.58. The summed E-state index contributed by atoms with van der Waals surface area (Å²) in [5, 5.41) is 6.47. The van der Waals surface area contributed by atoms with E-state index in [0.717, 1.165) is 37.1 Å². The summed E-state index contributed by atoms with van der Waals surface area (Å²) in [6.07, 6.45) is 4.73. The first-order valence-electron chi connectivity index (χ1n) is 5.38. The second kappa shape index (κ2) is 6.12. The number of nitrogens with one attached hydrogen (secondary N) is 2. The van der Waals surface area contributed by atoms with Gasteiger partial charge in [0.05, 0.1) is 17.2 Å². The number of nitrogens with zero attached hydrogens (tertiary/aromatic N) is 2. The van der Waals surface area contributed by atoms with E-state index < -0.39 is 0 Å². The Morgan fingerprint density at radius 2 is 2.31 bits per heavy atom. The molecule has 0 aromatic carbocycles. The van der Waals surface area contributed by atoms with Gasteiger partial charge in [0, 0.05) is 32.0 Å². The van der Waals surface area contributed by atoms with Gasteiger partial charge in [0.1, 0.15) is 0 Å². The third kappa shape index (κ3) is 3.70. The van der Waals surface area contributed by atoms with Crippen molar-refractivity contribution in [1.82, 2.24) is 15.3 Å². The number of halogens is 1. The van der Waals surface area contributed by atoms with Crippen LogP contribution < -0.4 is 10.6 Å². The first kappa shape index (κ1) is 11.8. The van der Waals surface area contributed by atoms with Crippen LogP contribution in [0.2, 0.25) is 0 Å². The second-order valence-electron chi connectivity index (χ2n) is 3.64. The van der Waals surface area contributed by atoms with E-state index in [4.69, 9.17) is 4.74 Å². The van der Waals surface area contributed by atoms with Crippen LogP contribution in [0.15, 0.2) is 16.9 Å². The lowest BCUT2D eigenvalue weighted by molar-refractivity contribution is 0.0258. The summed E-state index contributed by atoms with van der Waals surface area (Å²) in [6, 6.07) is 0. The van der Waals surface area contributed by atoms with Crippen LogP contribution >= 0.6 is 15.9 Å². The Labute approximate surface area is 103 Å². The third-order valence-corrected chi connectivity index (χ3v) is 2.78. The van der Waals surface area contributed by atoms with Crippen molar-refractivity contribution in [3.05, 3.63) is 16.9 Å². The lowest BCUT2D eigenvalue weighted by Gasteiger charge is -2.23. The van der Waals surface area contributed by atoms with Crippen molar-refractivity contribution in [2.24, 2.45) is 0 Å². The molecule has 1 saturated heterocycles. The molecule has 6 heteroatoms. The van der Waals surface area contributed by atoms with Gasteiger partial charge in [-0.05, 0) is 22.4 Å². The number of aromatic nitrogens is 2. The zero-order valence-electron chi connectivity index (χ0n) is 8.95. The molecular formula is C10H15BrN4O. The van der Waals surface area contributed by atoms with Gasteiger partial charge in [0.2, 0.25) is 5.95 Å². The van der Waals surface area contributed by atoms with Gasteiger partial charge in [-0.1, -0.05) is 0 Å². The highest BCUT2D eigenvalue weighted by Crippen LogP contribution is 2.07. The minimum Gasteiger partial charge on any atom is -0.376 e. The zero-order valence-corrected chi connectivity index (χ0v) is 10.5. The van der Waals surface area contributed by atoms with Crippen LogP contribution in [-0.2, 0) is 4.74 Å². The molecular weight excluding hydrogens is 272 g/mol. The molecule has 0 amide bonds. The highest BCUT2D eigenvalue weighted by Gasteiger charge is 2.12. The molecule has 5 nitrogen and oxygen atoms in total. The Bertz CT molecular complexity index is 313. The molecule has 0 bridgehead atoms. The molecule has 0 aliphatic carbocycles. The van der Waals surface area contributed by atoms with E-state index in [9.17, 15) is 0 Å². The van der Waals surface area contributed by atoms with Gasteiger partial charge in [0.25, 0.3) is 0 Å². The van der Waals surface area contributed by atoms with E-state index >= 15 is 0 Å². The highest BCUT2D eigenvalue weighted by molar-refractivity contribution is 9.10. The molecule has 0 spiro atoms. The molecule has 2 N–H and O–H groups in total. The molecule has 16 heavy (non-hydrogen) atoms. The van der Waals surface area contributed by atoms with Gasteiger partial charge in [-0.2, -0.15) is 0 Å². The van der Waals surface area contributed by atoms with Crippen molar-refractivity contribution in [2.75, 3.05) is 31.6 Å². The summed E-state index contributed by atoms with van der Waals surface area (Å²) >= 11 is 3.30. The molecule has 1 fully saturated rings. The van der Waals surface area contributed by atoms with E-state index in [1.165, 1.54) is 0 Å². The maximum Gasteiger partial charge on any atom is 0.222 e. The van der Waals surface area contributed by atoms with Crippen LogP contribution in [0, 0.1) is 0 Å². The molecule has 1 aromatic heterocycles. The molecule has 0 radical (unpaired) electrons. The summed E-state index contributed by atoms with van der Waals surface area (Å²) in [6.45, 7) is 3.52. The van der Waals surface area contributed by atoms with Crippen molar-refractivity contribution in [3.63, 3.8) is 0 Å². The van der Waals surface area contributed by atoms with Gasteiger partial charge >= 0.3 is 0 Å². The van der Waals surface area contributed by atoms with Gasteiger partial charge in [-0.15, -0.1) is 0 Å². The normalized spacial score (nSPS) is 20.7. The summed E-state index contributed by atoms with van der Waals surface area (Å²) in [5.74, 6) is 0.659. The third-order valence-electron chi connectivity index (χ3n) is 2.37. The molecule has 1 aromatic rings. The quantitative estimate of drug-likeness (QED) is 0.866. The Morgan fingerprint density at radius 3 is 3.00 bits per heavy atom. The predicted octanol–water partition coefficient (Wildman–Crippen LogP) is 1.03. The van der Waals surface area contributed by atoms with Crippen LogP contribution in [0.25, 0.3) is 0 Å². The molecule has 1 atom stereocenters. The number of hydrogen-bond acceptors (Lipinski definition) is 5. The van der Waals surface area contributed by atoms with Crippen molar-refractivity contribution >= 4 is 21.9 Å². The monoisotopic (exact) mass is 286 g/mol. The molecule has 88 valence electrons. The Hall–Kier alpha value is -0.720. The SMILES string of the molecule is Brc1cnc(NCCC2CNCCO2)nc1. The molecule has 1 unspecified atom stereocenters. The van der Waals surface area contributed by atoms with Crippen molar-refractivity contribution in [2.45, 2.75) is 12.5 Å². The fourth-order valence-electron chi connectivity index (χ4n) is 1.55. The fourth-order valence-corrected chi connectivity index (χ4v) is 1.76. The fraction of sp³-hybridized carbons (Fsp3) is 0.600. The van der Waals surface area contributed by atoms with Crippen molar-refractivity contribution < 1.29 is 4.74 Å². The largest absolute Gasteiger partial charge is 0.376 e. The van der Waals surface area contributed by atoms with Gasteiger partial charge < -0.3 is 15.4 Å². The number of rotatable bonds is 4. The first-order chi connectivity index (χ1) is 7.84. The summed E-state index contributed by atoms with van der Waals surface area (Å²) in [7, 11) is 0. The van der Waals surface area contributed by atoms with Crippen molar-refractivity contribution in [1.29, 1.82) is 0 Å². The van der Waals surface area contributed by atoms with Crippen LogP contribution in [0.1, 0.15) is 6.42 Å². The number of anilines is 1. The minimum absolute atomic E-state index is 0.302. The molecule has 2 rings (SSSR count). The molecule has 2 heterocycles. The standard InChI is InChI=1S/C10H15BrN4O/c11-8-5-14-10(15-6-8)13-2-1-9-7-12-3-4-16-9/h5-6,9,12H,1-4,7H2,(H,13,14,15). The number of ether oxygens (including phenoxy) is 1. The average molecular weight is 287 g/mol. The lowest BCUT2D eigenvalue weighted by Crippen LogP contribution is -2.39. The second-order valence-corrected chi connectivity index (χ2v) is 4.55. The average Bonchev–Trinajstić information content (AvgIpc) is 2.33. The lowest BCUT2D eigenvalue weighted by atomic mass is 10.2. The van der Waals surface area contributed by atoms with Crippen LogP contribution in [0.3, 0.4) is 0 Å². The Kier molecular flexibility index (Phi) is 4.50. The van der Waals surface area contributed by atoms with Crippen LogP contribution in [-0.4, -0.2) is 42.3 Å². The Morgan fingerprint density at radius 1 is 1.50 bits per heavy atom. The summed E-state index contributed by atoms with van der Waals surface area (Å²) in [4.78, 5) is 8.27. The maximum atomic E-state index is 5.58. The topological polar surface area (TPSA) is 59.1 Å². The van der Waals surface area contributed by atoms with E-state index in [2.05, 4.69) is 36.5 Å². The number of hydrogen-bond donors (Lipinski definition) is 2. The van der Waals surface area contributed by atoms with E-state index in [-0.39, 0.29) is 0 Å². The molecule has 1 aliphatic heterocycles. The molecule has 0 saturated carbocycles. The number of morpholine rings is 1. The molecule has 1 aliphatic rings. The highest BCUT2D eigenvalue weighted by atomic mass is 79.9. The minimum atomic E-state index is 0.302. The summed E-state index contributed by atoms with van der Waals surface area (Å²) in [5.41, 5.74) is 0. The Balaban J connectivity index is 1.69. The van der Waals surface area contributed by atoms with Crippen molar-refractivity contribution in [3.8, 4) is 0 Å². The van der Waals surface area contributed by atoms with E-state index in [1.54, 1.807) is 12.4 Å². The zero-order chi connectivity index (χ0) is 11.2.